The summed E-state index contributed by atoms with van der Waals surface area (Å²) in [6.45, 7) is 0.0283. The molecule has 0 aromatic carbocycles. The van der Waals surface area contributed by atoms with Crippen molar-refractivity contribution in [3.05, 3.63) is 22.4 Å². The van der Waals surface area contributed by atoms with Gasteiger partial charge >= 0.3 is 0 Å². The lowest BCUT2D eigenvalue weighted by atomic mass is 10.3. The molecule has 10 heavy (non-hydrogen) atoms. The molecule has 0 amide bonds. The van der Waals surface area contributed by atoms with Crippen LogP contribution in [0.1, 0.15) is 10.9 Å². The second-order valence-electron chi connectivity index (χ2n) is 1.80. The van der Waals surface area contributed by atoms with Crippen molar-refractivity contribution in [2.75, 3.05) is 6.61 Å². The summed E-state index contributed by atoms with van der Waals surface area (Å²) >= 11 is 1.57. The highest BCUT2D eigenvalue weighted by Gasteiger charge is 2.02. The van der Waals surface area contributed by atoms with Crippen LogP contribution in [0.25, 0.3) is 0 Å². The van der Waals surface area contributed by atoms with Crippen molar-refractivity contribution in [2.24, 2.45) is 5.73 Å². The molecule has 1 atom stereocenters. The van der Waals surface area contributed by atoms with E-state index in [-0.39, 0.29) is 25.1 Å². The predicted octanol–water partition coefficient (Wildman–Crippen LogP) is 1.16. The third-order valence-corrected chi connectivity index (χ3v) is 2.11. The van der Waals surface area contributed by atoms with E-state index in [1.807, 2.05) is 17.5 Å². The van der Waals surface area contributed by atoms with E-state index in [1.54, 1.807) is 11.3 Å². The molecular formula is C6H10ClNOS. The van der Waals surface area contributed by atoms with E-state index in [0.717, 1.165) is 4.88 Å². The van der Waals surface area contributed by atoms with Gasteiger partial charge in [0.15, 0.2) is 0 Å². The zero-order valence-corrected chi connectivity index (χ0v) is 6.99. The van der Waals surface area contributed by atoms with Gasteiger partial charge in [0.1, 0.15) is 0 Å². The number of thiophene rings is 1. The average molecular weight is 180 g/mol. The van der Waals surface area contributed by atoms with Crippen LogP contribution in [0.5, 0.6) is 0 Å². The number of hydrogen-bond donors (Lipinski definition) is 2. The first-order chi connectivity index (χ1) is 4.34. The molecule has 58 valence electrons. The maximum Gasteiger partial charge on any atom is 0.0632 e. The normalized spacial score (nSPS) is 12.2. The highest BCUT2D eigenvalue weighted by molar-refractivity contribution is 7.10. The fraction of sp³-hybridized carbons (Fsp3) is 0.333. The zero-order valence-electron chi connectivity index (χ0n) is 5.36. The summed E-state index contributed by atoms with van der Waals surface area (Å²) in [7, 11) is 0. The summed E-state index contributed by atoms with van der Waals surface area (Å²) in [5.41, 5.74) is 5.50. The first-order valence-electron chi connectivity index (χ1n) is 2.74. The summed E-state index contributed by atoms with van der Waals surface area (Å²) in [5.74, 6) is 0. The topological polar surface area (TPSA) is 46.2 Å². The maximum absolute atomic E-state index is 8.59. The molecule has 0 fully saturated rings. The molecule has 0 bridgehead atoms. The van der Waals surface area contributed by atoms with Gasteiger partial charge in [-0.15, -0.1) is 23.7 Å². The Kier molecular flexibility index (Phi) is 4.64. The minimum Gasteiger partial charge on any atom is -0.394 e. The van der Waals surface area contributed by atoms with E-state index >= 15 is 0 Å². The Balaban J connectivity index is 0.000000810. The minimum absolute atomic E-state index is 0. The molecule has 0 saturated heterocycles. The lowest BCUT2D eigenvalue weighted by Gasteiger charge is -2.01. The quantitative estimate of drug-likeness (QED) is 0.716. The van der Waals surface area contributed by atoms with Gasteiger partial charge in [-0.3, -0.25) is 0 Å². The molecule has 0 saturated carbocycles. The lowest BCUT2D eigenvalue weighted by Crippen LogP contribution is -2.12. The van der Waals surface area contributed by atoms with E-state index < -0.39 is 0 Å². The van der Waals surface area contributed by atoms with Crippen molar-refractivity contribution >= 4 is 23.7 Å². The molecule has 0 radical (unpaired) electrons. The SMILES string of the molecule is Cl.N[C@@H](CO)c1cccs1. The Morgan fingerprint density at radius 2 is 2.40 bits per heavy atom. The summed E-state index contributed by atoms with van der Waals surface area (Å²) in [5, 5.41) is 10.5. The van der Waals surface area contributed by atoms with Gasteiger partial charge in [0.05, 0.1) is 12.6 Å². The van der Waals surface area contributed by atoms with Gasteiger partial charge < -0.3 is 10.8 Å². The van der Waals surface area contributed by atoms with Gasteiger partial charge in [-0.2, -0.15) is 0 Å². The zero-order chi connectivity index (χ0) is 6.69. The van der Waals surface area contributed by atoms with E-state index in [1.165, 1.54) is 0 Å². The Labute approximate surface area is 70.1 Å². The number of hydrogen-bond acceptors (Lipinski definition) is 3. The number of nitrogens with two attached hydrogens (primary N) is 1. The molecule has 0 aliphatic rings. The third-order valence-electron chi connectivity index (χ3n) is 1.11. The van der Waals surface area contributed by atoms with Crippen molar-refractivity contribution in [3.8, 4) is 0 Å². The Bertz CT molecular complexity index is 166. The standard InChI is InChI=1S/C6H9NOS.ClH/c7-5(4-8)6-2-1-3-9-6;/h1-3,5,8H,4,7H2;1H/t5-;/m0./s1. The van der Waals surface area contributed by atoms with Crippen LogP contribution in [0.15, 0.2) is 17.5 Å². The molecule has 0 unspecified atom stereocenters. The van der Waals surface area contributed by atoms with Crippen LogP contribution in [0.4, 0.5) is 0 Å². The molecule has 2 nitrogen and oxygen atoms in total. The van der Waals surface area contributed by atoms with Crippen LogP contribution in [-0.4, -0.2) is 11.7 Å². The van der Waals surface area contributed by atoms with Crippen LogP contribution in [0, 0.1) is 0 Å². The Morgan fingerprint density at radius 3 is 2.80 bits per heavy atom. The first-order valence-corrected chi connectivity index (χ1v) is 3.62. The van der Waals surface area contributed by atoms with Crippen LogP contribution in [0.2, 0.25) is 0 Å². The van der Waals surface area contributed by atoms with Crippen molar-refractivity contribution in [2.45, 2.75) is 6.04 Å². The molecule has 3 N–H and O–H groups in total. The number of rotatable bonds is 2. The minimum atomic E-state index is -0.190. The van der Waals surface area contributed by atoms with Crippen molar-refractivity contribution < 1.29 is 5.11 Å². The van der Waals surface area contributed by atoms with Gasteiger partial charge in [-0.1, -0.05) is 6.07 Å². The molecule has 1 heterocycles. The fourth-order valence-corrected chi connectivity index (χ4v) is 1.31. The molecule has 1 aromatic heterocycles. The summed E-state index contributed by atoms with van der Waals surface area (Å²) in [4.78, 5) is 1.04. The molecular weight excluding hydrogens is 170 g/mol. The molecule has 4 heteroatoms. The Hall–Kier alpha value is -0.0900. The third kappa shape index (κ3) is 2.27. The molecule has 1 aromatic rings. The van der Waals surface area contributed by atoms with Crippen LogP contribution in [0.3, 0.4) is 0 Å². The molecule has 1 rings (SSSR count). The average Bonchev–Trinajstić information content (AvgIpc) is 2.37. The highest BCUT2D eigenvalue weighted by atomic mass is 35.5. The summed E-state index contributed by atoms with van der Waals surface area (Å²) < 4.78 is 0. The van der Waals surface area contributed by atoms with E-state index in [9.17, 15) is 0 Å². The molecule has 0 aliphatic carbocycles. The smallest absolute Gasteiger partial charge is 0.0632 e. The van der Waals surface area contributed by atoms with Gasteiger partial charge in [-0.25, -0.2) is 0 Å². The van der Waals surface area contributed by atoms with Gasteiger partial charge in [-0.05, 0) is 11.4 Å². The van der Waals surface area contributed by atoms with E-state index in [2.05, 4.69) is 0 Å². The van der Waals surface area contributed by atoms with E-state index in [0.29, 0.717) is 0 Å². The van der Waals surface area contributed by atoms with Crippen molar-refractivity contribution in [3.63, 3.8) is 0 Å². The molecule has 0 spiro atoms. The predicted molar refractivity (Wildman–Crippen MR) is 45.6 cm³/mol. The van der Waals surface area contributed by atoms with Gasteiger partial charge in [0, 0.05) is 4.88 Å². The Morgan fingerprint density at radius 1 is 1.70 bits per heavy atom. The number of aliphatic hydroxyl groups is 1. The van der Waals surface area contributed by atoms with Crippen molar-refractivity contribution in [1.29, 1.82) is 0 Å². The van der Waals surface area contributed by atoms with Gasteiger partial charge in [0.2, 0.25) is 0 Å². The summed E-state index contributed by atoms with van der Waals surface area (Å²) in [6.07, 6.45) is 0. The molecule has 0 aliphatic heterocycles. The largest absolute Gasteiger partial charge is 0.394 e. The first kappa shape index (κ1) is 9.91. The number of halogens is 1. The monoisotopic (exact) mass is 179 g/mol. The van der Waals surface area contributed by atoms with Crippen LogP contribution in [-0.2, 0) is 0 Å². The van der Waals surface area contributed by atoms with Crippen LogP contribution < -0.4 is 5.73 Å². The number of aliphatic hydroxyl groups excluding tert-OH is 1. The second-order valence-corrected chi connectivity index (χ2v) is 2.78. The lowest BCUT2D eigenvalue weighted by molar-refractivity contribution is 0.269. The summed E-state index contributed by atoms with van der Waals surface area (Å²) in [6, 6.07) is 3.66. The maximum atomic E-state index is 8.59. The van der Waals surface area contributed by atoms with Crippen LogP contribution >= 0.6 is 23.7 Å². The fourth-order valence-electron chi connectivity index (χ4n) is 0.592. The van der Waals surface area contributed by atoms with Gasteiger partial charge in [0.25, 0.3) is 0 Å². The highest BCUT2D eigenvalue weighted by Crippen LogP contribution is 2.15. The van der Waals surface area contributed by atoms with Crippen molar-refractivity contribution in [1.82, 2.24) is 0 Å². The van der Waals surface area contributed by atoms with E-state index in [4.69, 9.17) is 10.8 Å². The second kappa shape index (κ2) is 4.68.